The molecule has 2 unspecified atom stereocenters. The first-order valence-electron chi connectivity index (χ1n) is 7.27. The molecular formula is C18H21BO3P2. The van der Waals surface area contributed by atoms with E-state index in [1.54, 1.807) is 24.3 Å². The van der Waals surface area contributed by atoms with Gasteiger partial charge in [-0.3, -0.25) is 0 Å². The fraction of sp³-hybridized carbons (Fsp3) is 0. The molecule has 6 heteroatoms. The van der Waals surface area contributed by atoms with E-state index in [1.165, 1.54) is 10.6 Å². The monoisotopic (exact) mass is 358 g/mol. The lowest BCUT2D eigenvalue weighted by molar-refractivity contribution is 0.288. The van der Waals surface area contributed by atoms with Gasteiger partial charge in [0.05, 0.1) is 0 Å². The number of para-hydroxylation sites is 1. The number of benzene rings is 3. The molecule has 0 aliphatic carbocycles. The molecule has 0 aliphatic rings. The largest absolute Gasteiger partial charge is 0.707 e. The minimum Gasteiger partial charge on any atom is -0.512 e. The van der Waals surface area contributed by atoms with Crippen LogP contribution in [-0.4, -0.2) is 17.4 Å². The molecule has 124 valence electrons. The van der Waals surface area contributed by atoms with Crippen molar-refractivity contribution in [3.8, 4) is 5.75 Å². The highest BCUT2D eigenvalue weighted by atomic mass is 31.0. The van der Waals surface area contributed by atoms with Crippen LogP contribution >= 0.6 is 18.5 Å². The Morgan fingerprint density at radius 3 is 1.17 bits per heavy atom. The molecule has 0 aromatic heterocycles. The van der Waals surface area contributed by atoms with E-state index in [1.807, 2.05) is 66.7 Å². The molecule has 0 saturated carbocycles. The number of rotatable bonds is 2. The van der Waals surface area contributed by atoms with Crippen LogP contribution in [0.2, 0.25) is 0 Å². The molecule has 0 spiro atoms. The molecule has 3 aromatic carbocycles. The third-order valence-electron chi connectivity index (χ3n) is 2.58. The molecule has 3 nitrogen and oxygen atoms in total. The SMILES string of the molecule is OB(O)Oc1ccccc1.Pc1ccccc1.Pc1ccccc1. The molecule has 0 fully saturated rings. The van der Waals surface area contributed by atoms with Crippen LogP contribution in [0.15, 0.2) is 91.0 Å². The van der Waals surface area contributed by atoms with Crippen LogP contribution < -0.4 is 15.3 Å². The van der Waals surface area contributed by atoms with Gasteiger partial charge in [0.15, 0.2) is 0 Å². The molecule has 2 N–H and O–H groups in total. The second-order valence-corrected chi connectivity index (χ2v) is 5.91. The van der Waals surface area contributed by atoms with Gasteiger partial charge in [0, 0.05) is 0 Å². The van der Waals surface area contributed by atoms with Crippen LogP contribution in [0.3, 0.4) is 0 Å². The lowest BCUT2D eigenvalue weighted by Crippen LogP contribution is -2.20. The second-order valence-electron chi connectivity index (χ2n) is 4.58. The van der Waals surface area contributed by atoms with E-state index in [0.717, 1.165) is 0 Å². The summed E-state index contributed by atoms with van der Waals surface area (Å²) < 4.78 is 4.53. The molecule has 24 heavy (non-hydrogen) atoms. The van der Waals surface area contributed by atoms with Gasteiger partial charge in [0.2, 0.25) is 0 Å². The zero-order chi connectivity index (χ0) is 17.6. The van der Waals surface area contributed by atoms with Crippen molar-refractivity contribution in [2.75, 3.05) is 0 Å². The Bertz CT molecular complexity index is 615. The summed E-state index contributed by atoms with van der Waals surface area (Å²) in [6.45, 7) is 0. The van der Waals surface area contributed by atoms with E-state index >= 15 is 0 Å². The van der Waals surface area contributed by atoms with Crippen molar-refractivity contribution in [1.29, 1.82) is 0 Å². The maximum atomic E-state index is 8.34. The van der Waals surface area contributed by atoms with Crippen molar-refractivity contribution in [3.63, 3.8) is 0 Å². The summed E-state index contributed by atoms with van der Waals surface area (Å²) in [4.78, 5) is 0. The average molecular weight is 358 g/mol. The highest BCUT2D eigenvalue weighted by Crippen LogP contribution is 2.07. The van der Waals surface area contributed by atoms with Gasteiger partial charge in [-0.15, -0.1) is 18.5 Å². The van der Waals surface area contributed by atoms with Gasteiger partial charge < -0.3 is 14.7 Å². The summed E-state index contributed by atoms with van der Waals surface area (Å²) >= 11 is 0. The average Bonchev–Trinajstić information content (AvgIpc) is 2.58. The van der Waals surface area contributed by atoms with Gasteiger partial charge in [-0.05, 0) is 22.7 Å². The minimum atomic E-state index is -1.73. The van der Waals surface area contributed by atoms with E-state index in [2.05, 4.69) is 23.1 Å². The molecule has 3 aromatic rings. The highest BCUT2D eigenvalue weighted by Gasteiger charge is 2.09. The summed E-state index contributed by atoms with van der Waals surface area (Å²) in [5.74, 6) is 0.442. The maximum absolute atomic E-state index is 8.34. The molecular weight excluding hydrogens is 337 g/mol. The zero-order valence-corrected chi connectivity index (χ0v) is 15.5. The fourth-order valence-corrected chi connectivity index (χ4v) is 1.97. The van der Waals surface area contributed by atoms with Gasteiger partial charge in [-0.1, -0.05) is 78.9 Å². The van der Waals surface area contributed by atoms with E-state index in [0.29, 0.717) is 5.75 Å². The summed E-state index contributed by atoms with van der Waals surface area (Å²) in [5.41, 5.74) is 0. The lowest BCUT2D eigenvalue weighted by Gasteiger charge is -2.01. The molecule has 0 amide bonds. The maximum Gasteiger partial charge on any atom is 0.707 e. The number of hydrogen-bond donors (Lipinski definition) is 2. The summed E-state index contributed by atoms with van der Waals surface area (Å²) in [6, 6.07) is 28.9. The van der Waals surface area contributed by atoms with Gasteiger partial charge in [-0.2, -0.15) is 0 Å². The standard InChI is InChI=1S/C6H7BO3.2C6H7P/c8-7(9)10-6-4-2-1-3-5-6;2*7-6-4-2-1-3-5-6/h1-5,8-9H;2*1-5H,7H2. The predicted molar refractivity (Wildman–Crippen MR) is 109 cm³/mol. The van der Waals surface area contributed by atoms with Gasteiger partial charge >= 0.3 is 7.32 Å². The molecule has 0 saturated heterocycles. The summed E-state index contributed by atoms with van der Waals surface area (Å²) in [7, 11) is 3.52. The molecule has 2 atom stereocenters. The Balaban J connectivity index is 0.000000185. The second kappa shape index (κ2) is 12.7. The zero-order valence-electron chi connectivity index (χ0n) is 13.2. The number of hydrogen-bond acceptors (Lipinski definition) is 3. The first kappa shape index (κ1) is 20.3. The smallest absolute Gasteiger partial charge is 0.512 e. The highest BCUT2D eigenvalue weighted by molar-refractivity contribution is 7.27. The summed E-state index contributed by atoms with van der Waals surface area (Å²) in [6.07, 6.45) is 0. The minimum absolute atomic E-state index is 0.442. The Morgan fingerprint density at radius 2 is 0.917 bits per heavy atom. The van der Waals surface area contributed by atoms with Gasteiger partial charge in [0.1, 0.15) is 5.75 Å². The van der Waals surface area contributed by atoms with E-state index in [4.69, 9.17) is 10.0 Å². The predicted octanol–water partition coefficient (Wildman–Crippen LogP) is 2.41. The normalized spacial score (nSPS) is 8.83. The Labute approximate surface area is 148 Å². The van der Waals surface area contributed by atoms with Crippen LogP contribution in [0.1, 0.15) is 0 Å². The Hall–Kier alpha value is -1.70. The molecule has 0 heterocycles. The van der Waals surface area contributed by atoms with Crippen molar-refractivity contribution in [1.82, 2.24) is 0 Å². The summed E-state index contributed by atoms with van der Waals surface area (Å²) in [5, 5.41) is 19.2. The third kappa shape index (κ3) is 10.9. The van der Waals surface area contributed by atoms with Crippen LogP contribution in [0.25, 0.3) is 0 Å². The first-order valence-corrected chi connectivity index (χ1v) is 8.42. The van der Waals surface area contributed by atoms with Crippen LogP contribution in [-0.2, 0) is 0 Å². The molecule has 0 radical (unpaired) electrons. The van der Waals surface area contributed by atoms with Crippen molar-refractivity contribution in [2.24, 2.45) is 0 Å². The van der Waals surface area contributed by atoms with Crippen LogP contribution in [0.4, 0.5) is 0 Å². The van der Waals surface area contributed by atoms with Crippen LogP contribution in [0, 0.1) is 0 Å². The third-order valence-corrected chi connectivity index (χ3v) is 3.35. The molecule has 3 rings (SSSR count). The van der Waals surface area contributed by atoms with Crippen LogP contribution in [0.5, 0.6) is 5.75 Å². The topological polar surface area (TPSA) is 49.7 Å². The van der Waals surface area contributed by atoms with Crippen molar-refractivity contribution >= 4 is 36.4 Å². The van der Waals surface area contributed by atoms with Gasteiger partial charge in [-0.25, -0.2) is 0 Å². The van der Waals surface area contributed by atoms with Crippen molar-refractivity contribution in [3.05, 3.63) is 91.0 Å². The lowest BCUT2D eigenvalue weighted by atomic mass is 10.2. The first-order chi connectivity index (χ1) is 11.6. The Morgan fingerprint density at radius 1 is 0.583 bits per heavy atom. The van der Waals surface area contributed by atoms with Crippen molar-refractivity contribution < 1.29 is 14.7 Å². The Kier molecular flexibility index (Phi) is 10.8. The fourth-order valence-electron chi connectivity index (χ4n) is 1.53. The van der Waals surface area contributed by atoms with E-state index < -0.39 is 7.32 Å². The molecule has 0 bridgehead atoms. The van der Waals surface area contributed by atoms with Crippen molar-refractivity contribution in [2.45, 2.75) is 0 Å². The van der Waals surface area contributed by atoms with Gasteiger partial charge in [0.25, 0.3) is 0 Å². The van der Waals surface area contributed by atoms with E-state index in [-0.39, 0.29) is 0 Å². The molecule has 0 aliphatic heterocycles. The quantitative estimate of drug-likeness (QED) is 0.547. The van der Waals surface area contributed by atoms with E-state index in [9.17, 15) is 0 Å².